The highest BCUT2D eigenvalue weighted by Crippen LogP contribution is 2.26. The maximum Gasteiger partial charge on any atom is 0.264 e. The van der Waals surface area contributed by atoms with Gasteiger partial charge in [-0.05, 0) is 61.5 Å². The normalized spacial score (nSPS) is 11.8. The Labute approximate surface area is 222 Å². The molecule has 0 aliphatic heterocycles. The second-order valence-electron chi connectivity index (χ2n) is 8.26. The number of ether oxygens (including phenoxy) is 1. The zero-order valence-corrected chi connectivity index (χ0v) is 23.0. The fourth-order valence-electron chi connectivity index (χ4n) is 3.25. The van der Waals surface area contributed by atoms with Gasteiger partial charge < -0.3 is 10.1 Å². The number of sulfonamides is 2. The van der Waals surface area contributed by atoms with Gasteiger partial charge in [-0.3, -0.25) is 9.10 Å². The van der Waals surface area contributed by atoms with Gasteiger partial charge in [0.15, 0.2) is 0 Å². The molecule has 12 heteroatoms. The fourth-order valence-corrected chi connectivity index (χ4v) is 5.75. The minimum absolute atomic E-state index is 0.0499. The van der Waals surface area contributed by atoms with Crippen molar-refractivity contribution in [2.24, 2.45) is 0 Å². The maximum absolute atomic E-state index is 13.4. The average molecular weight is 566 g/mol. The summed E-state index contributed by atoms with van der Waals surface area (Å²) in [5.74, 6) is -0.110. The molecule has 37 heavy (non-hydrogen) atoms. The predicted molar refractivity (Wildman–Crippen MR) is 143 cm³/mol. The number of anilines is 1. The lowest BCUT2D eigenvalue weighted by Gasteiger charge is -2.24. The Morgan fingerprint density at radius 3 is 2.08 bits per heavy atom. The van der Waals surface area contributed by atoms with Gasteiger partial charge in [0, 0.05) is 19.1 Å². The molecule has 0 radical (unpaired) electrons. The number of halogens is 1. The van der Waals surface area contributed by atoms with Crippen LogP contribution in [0.3, 0.4) is 0 Å². The number of carbonyl (C=O) groups is 1. The van der Waals surface area contributed by atoms with Gasteiger partial charge in [0.25, 0.3) is 10.0 Å². The van der Waals surface area contributed by atoms with Gasteiger partial charge in [-0.1, -0.05) is 35.4 Å². The van der Waals surface area contributed by atoms with E-state index in [9.17, 15) is 21.6 Å². The number of rotatable bonds is 11. The molecule has 0 aliphatic rings. The van der Waals surface area contributed by atoms with Crippen LogP contribution in [0.25, 0.3) is 0 Å². The lowest BCUT2D eigenvalue weighted by molar-refractivity contribution is -0.119. The number of hydrogen-bond acceptors (Lipinski definition) is 6. The number of hydrogen-bond donors (Lipinski definition) is 1. The maximum atomic E-state index is 13.4. The fraction of sp³-hybridized carbons (Fsp3) is 0.240. The van der Waals surface area contributed by atoms with Crippen molar-refractivity contribution in [3.8, 4) is 5.75 Å². The van der Waals surface area contributed by atoms with E-state index in [1.165, 1.54) is 56.6 Å². The third kappa shape index (κ3) is 7.22. The molecule has 0 aromatic heterocycles. The van der Waals surface area contributed by atoms with Crippen molar-refractivity contribution in [1.29, 1.82) is 0 Å². The zero-order chi connectivity index (χ0) is 27.2. The SMILES string of the molecule is Cc1ccc(S(=O)(=O)N(CC(=O)NCCOc2ccc(S(=O)(=O)N(C)C)cc2)c2cccc(Cl)c2)cc1. The van der Waals surface area contributed by atoms with E-state index >= 15 is 0 Å². The van der Waals surface area contributed by atoms with Crippen molar-refractivity contribution in [2.75, 3.05) is 38.1 Å². The topological polar surface area (TPSA) is 113 Å². The molecule has 1 N–H and O–H groups in total. The molecular formula is C25H28ClN3O6S2. The van der Waals surface area contributed by atoms with Gasteiger partial charge in [-0.25, -0.2) is 21.1 Å². The van der Waals surface area contributed by atoms with Crippen molar-refractivity contribution in [3.05, 3.63) is 83.4 Å². The van der Waals surface area contributed by atoms with E-state index in [4.69, 9.17) is 16.3 Å². The van der Waals surface area contributed by atoms with Gasteiger partial charge in [0.1, 0.15) is 18.9 Å². The van der Waals surface area contributed by atoms with E-state index in [-0.39, 0.29) is 28.6 Å². The monoisotopic (exact) mass is 565 g/mol. The van der Waals surface area contributed by atoms with Crippen LogP contribution in [0.4, 0.5) is 5.69 Å². The van der Waals surface area contributed by atoms with E-state index in [1.807, 2.05) is 6.92 Å². The molecule has 198 valence electrons. The van der Waals surface area contributed by atoms with E-state index in [0.29, 0.717) is 10.8 Å². The molecule has 1 amide bonds. The van der Waals surface area contributed by atoms with E-state index < -0.39 is 32.5 Å². The first kappa shape index (κ1) is 28.5. The lowest BCUT2D eigenvalue weighted by Crippen LogP contribution is -2.41. The molecule has 0 fully saturated rings. The highest BCUT2D eigenvalue weighted by molar-refractivity contribution is 7.92. The molecule has 3 aromatic carbocycles. The Bertz CT molecular complexity index is 1440. The molecule has 0 bridgehead atoms. The summed E-state index contributed by atoms with van der Waals surface area (Å²) in [6.45, 7) is 1.58. The Kier molecular flexibility index (Phi) is 9.19. The zero-order valence-electron chi connectivity index (χ0n) is 20.6. The van der Waals surface area contributed by atoms with Crippen molar-refractivity contribution < 1.29 is 26.4 Å². The molecule has 0 saturated heterocycles. The lowest BCUT2D eigenvalue weighted by atomic mass is 10.2. The van der Waals surface area contributed by atoms with Crippen LogP contribution in [-0.2, 0) is 24.8 Å². The van der Waals surface area contributed by atoms with E-state index in [2.05, 4.69) is 5.32 Å². The Balaban J connectivity index is 1.64. The minimum atomic E-state index is -4.05. The van der Waals surface area contributed by atoms with Gasteiger partial charge in [-0.2, -0.15) is 0 Å². The van der Waals surface area contributed by atoms with Crippen LogP contribution in [0.15, 0.2) is 82.6 Å². The summed E-state index contributed by atoms with van der Waals surface area (Å²) in [6, 6.07) is 18.5. The summed E-state index contributed by atoms with van der Waals surface area (Å²) in [4.78, 5) is 12.9. The van der Waals surface area contributed by atoms with E-state index in [0.717, 1.165) is 14.2 Å². The Morgan fingerprint density at radius 1 is 0.892 bits per heavy atom. The van der Waals surface area contributed by atoms with Crippen molar-refractivity contribution in [1.82, 2.24) is 9.62 Å². The first-order valence-corrected chi connectivity index (χ1v) is 14.4. The summed E-state index contributed by atoms with van der Waals surface area (Å²) >= 11 is 6.08. The third-order valence-corrected chi connectivity index (χ3v) is 9.14. The average Bonchev–Trinajstić information content (AvgIpc) is 2.85. The molecular weight excluding hydrogens is 538 g/mol. The molecule has 0 spiro atoms. The second kappa shape index (κ2) is 12.0. The predicted octanol–water partition coefficient (Wildman–Crippen LogP) is 3.29. The van der Waals surface area contributed by atoms with Crippen molar-refractivity contribution >= 4 is 43.2 Å². The van der Waals surface area contributed by atoms with Gasteiger partial charge in [0.05, 0.1) is 22.0 Å². The number of amides is 1. The minimum Gasteiger partial charge on any atom is -0.492 e. The Hall–Kier alpha value is -3.12. The molecule has 3 aromatic rings. The number of benzene rings is 3. The highest BCUT2D eigenvalue weighted by Gasteiger charge is 2.27. The molecule has 0 aliphatic carbocycles. The summed E-state index contributed by atoms with van der Waals surface area (Å²) in [5, 5.41) is 2.98. The number of nitrogens with zero attached hydrogens (tertiary/aromatic N) is 2. The van der Waals surface area contributed by atoms with E-state index in [1.54, 1.807) is 30.3 Å². The van der Waals surface area contributed by atoms with Gasteiger partial charge >= 0.3 is 0 Å². The molecule has 0 unspecified atom stereocenters. The molecule has 0 saturated carbocycles. The van der Waals surface area contributed by atoms with Gasteiger partial charge in [-0.15, -0.1) is 0 Å². The largest absolute Gasteiger partial charge is 0.492 e. The highest BCUT2D eigenvalue weighted by atomic mass is 35.5. The standard InChI is InChI=1S/C25H28ClN3O6S2/c1-19-7-11-24(12-8-19)37(33,34)29(21-6-4-5-20(26)17-21)18-25(30)27-15-16-35-22-9-13-23(14-10-22)36(31,32)28(2)3/h4-14,17H,15-16,18H2,1-3H3,(H,27,30). The first-order chi connectivity index (χ1) is 17.4. The molecule has 3 rings (SSSR count). The molecule has 0 heterocycles. The Morgan fingerprint density at radius 2 is 1.49 bits per heavy atom. The van der Waals surface area contributed by atoms with Crippen LogP contribution in [0.2, 0.25) is 5.02 Å². The quantitative estimate of drug-likeness (QED) is 0.357. The smallest absolute Gasteiger partial charge is 0.264 e. The summed E-state index contributed by atoms with van der Waals surface area (Å²) < 4.78 is 58.7. The van der Waals surface area contributed by atoms with Crippen LogP contribution >= 0.6 is 11.6 Å². The van der Waals surface area contributed by atoms with Crippen LogP contribution in [0.1, 0.15) is 5.56 Å². The van der Waals surface area contributed by atoms with Crippen molar-refractivity contribution in [2.45, 2.75) is 16.7 Å². The van der Waals surface area contributed by atoms with Crippen LogP contribution in [0, 0.1) is 6.92 Å². The van der Waals surface area contributed by atoms with Crippen molar-refractivity contribution in [3.63, 3.8) is 0 Å². The number of carbonyl (C=O) groups excluding carboxylic acids is 1. The summed E-state index contributed by atoms with van der Waals surface area (Å²) in [7, 11) is -4.70. The molecule has 9 nitrogen and oxygen atoms in total. The van der Waals surface area contributed by atoms with Gasteiger partial charge in [0.2, 0.25) is 15.9 Å². The van der Waals surface area contributed by atoms with Crippen LogP contribution < -0.4 is 14.4 Å². The second-order valence-corrected chi connectivity index (χ2v) is 12.7. The van der Waals surface area contributed by atoms with Crippen LogP contribution in [-0.4, -0.2) is 60.8 Å². The number of aryl methyl sites for hydroxylation is 1. The third-order valence-electron chi connectivity index (χ3n) is 5.29. The summed E-state index contributed by atoms with van der Waals surface area (Å²) in [6.07, 6.45) is 0. The summed E-state index contributed by atoms with van der Waals surface area (Å²) in [5.41, 5.74) is 1.16. The first-order valence-electron chi connectivity index (χ1n) is 11.2. The van der Waals surface area contributed by atoms with Crippen LogP contribution in [0.5, 0.6) is 5.75 Å². The molecule has 0 atom stereocenters. The number of nitrogens with one attached hydrogen (secondary N) is 1.